The van der Waals surface area contributed by atoms with Crippen molar-refractivity contribution in [2.24, 2.45) is 0 Å². The van der Waals surface area contributed by atoms with E-state index in [1.807, 2.05) is 67.2 Å². The van der Waals surface area contributed by atoms with E-state index in [2.05, 4.69) is 34.9 Å². The van der Waals surface area contributed by atoms with E-state index in [4.69, 9.17) is 4.74 Å². The lowest BCUT2D eigenvalue weighted by Crippen LogP contribution is -2.88. The van der Waals surface area contributed by atoms with Crippen molar-refractivity contribution in [2.75, 3.05) is 18.2 Å². The summed E-state index contributed by atoms with van der Waals surface area (Å²) in [6.07, 6.45) is 1.03. The topological polar surface area (TPSA) is 54.9 Å². The first-order valence-corrected chi connectivity index (χ1v) is 11.2. The molecule has 1 aliphatic heterocycles. The minimum atomic E-state index is -0.349. The number of benzene rings is 3. The van der Waals surface area contributed by atoms with E-state index in [0.717, 1.165) is 23.3 Å². The van der Waals surface area contributed by atoms with Gasteiger partial charge in [0, 0.05) is 28.2 Å². The van der Waals surface area contributed by atoms with Gasteiger partial charge in [0.1, 0.15) is 11.8 Å². The van der Waals surface area contributed by atoms with Gasteiger partial charge in [0.25, 0.3) is 5.91 Å². The van der Waals surface area contributed by atoms with Gasteiger partial charge in [0.15, 0.2) is 6.04 Å². The van der Waals surface area contributed by atoms with Crippen LogP contribution < -0.4 is 15.4 Å². The highest BCUT2D eigenvalue weighted by molar-refractivity contribution is 7.99. The summed E-state index contributed by atoms with van der Waals surface area (Å²) >= 11 is 1.90. The van der Waals surface area contributed by atoms with E-state index >= 15 is 0 Å². The third kappa shape index (κ3) is 4.53. The minimum Gasteiger partial charge on any atom is -0.495 e. The van der Waals surface area contributed by atoms with Crippen LogP contribution in [0.4, 0.5) is 5.69 Å². The van der Waals surface area contributed by atoms with Crippen LogP contribution in [0.5, 0.6) is 5.75 Å². The van der Waals surface area contributed by atoms with Crippen molar-refractivity contribution < 1.29 is 14.8 Å². The number of methoxy groups -OCH3 is 1. The lowest BCUT2D eigenvalue weighted by Gasteiger charge is -2.27. The second kappa shape index (κ2) is 9.37. The van der Waals surface area contributed by atoms with Gasteiger partial charge in [-0.15, -0.1) is 11.8 Å². The summed E-state index contributed by atoms with van der Waals surface area (Å²) in [6, 6.07) is 24.3. The molecule has 0 bridgehead atoms. The number of aryl methyl sites for hydroxylation is 1. The van der Waals surface area contributed by atoms with Crippen LogP contribution >= 0.6 is 11.8 Å². The van der Waals surface area contributed by atoms with Crippen LogP contribution in [-0.2, 0) is 4.79 Å². The van der Waals surface area contributed by atoms with Gasteiger partial charge in [-0.1, -0.05) is 54.6 Å². The summed E-state index contributed by atoms with van der Waals surface area (Å²) in [5.41, 5.74) is 4.09. The Hall–Kier alpha value is -2.76. The molecule has 0 saturated carbocycles. The highest BCUT2D eigenvalue weighted by Gasteiger charge is 2.32. The predicted octanol–water partition coefficient (Wildman–Crippen LogP) is 4.48. The number of quaternary nitrogens is 1. The molecule has 4 rings (SSSR count). The van der Waals surface area contributed by atoms with E-state index < -0.39 is 0 Å². The maximum absolute atomic E-state index is 13.5. The van der Waals surface area contributed by atoms with E-state index in [1.54, 1.807) is 7.11 Å². The Balaban J connectivity index is 1.63. The maximum Gasteiger partial charge on any atom is 0.287 e. The molecular weight excluding hydrogens is 392 g/mol. The Morgan fingerprint density at radius 3 is 2.67 bits per heavy atom. The van der Waals surface area contributed by atoms with Gasteiger partial charge in [0.05, 0.1) is 12.8 Å². The highest BCUT2D eigenvalue weighted by Crippen LogP contribution is 2.34. The molecule has 0 aromatic heterocycles. The van der Waals surface area contributed by atoms with Crippen molar-refractivity contribution in [3.8, 4) is 5.75 Å². The molecule has 1 aliphatic rings. The molecule has 0 spiro atoms. The van der Waals surface area contributed by atoms with E-state index in [-0.39, 0.29) is 18.0 Å². The molecule has 154 valence electrons. The Kier molecular flexibility index (Phi) is 6.41. The average molecular weight is 420 g/mol. The first-order valence-electron chi connectivity index (χ1n) is 10.2. The molecule has 30 heavy (non-hydrogen) atoms. The standard InChI is InChI=1S/C25H26N2O2S/c1-17-12-13-22(29-2)21(16-17)27-25(28)24(18-8-4-3-5-9-18)26-20-14-15-30-23-11-7-6-10-19(20)23/h3-13,16,20,24,26H,14-15H2,1-2H3,(H,27,28)/p+1/t20-,24+/m1/s1. The molecule has 1 amide bonds. The maximum atomic E-state index is 13.5. The van der Waals surface area contributed by atoms with Gasteiger partial charge >= 0.3 is 0 Å². The first kappa shape index (κ1) is 20.5. The third-order valence-corrected chi connectivity index (χ3v) is 6.61. The molecule has 3 aromatic rings. The van der Waals surface area contributed by atoms with Gasteiger partial charge in [-0.2, -0.15) is 0 Å². The van der Waals surface area contributed by atoms with Gasteiger partial charge in [-0.25, -0.2) is 0 Å². The molecule has 2 atom stereocenters. The molecule has 0 aliphatic carbocycles. The summed E-state index contributed by atoms with van der Waals surface area (Å²) in [5.74, 6) is 1.69. The average Bonchev–Trinajstić information content (AvgIpc) is 2.78. The van der Waals surface area contributed by atoms with Gasteiger partial charge in [0.2, 0.25) is 0 Å². The van der Waals surface area contributed by atoms with Crippen LogP contribution in [0, 0.1) is 6.92 Å². The number of carbonyl (C=O) groups is 1. The SMILES string of the molecule is COc1ccc(C)cc1NC(=O)[C@@H]([NH2+][C@@H]1CCSc2ccccc21)c1ccccc1. The Morgan fingerprint density at radius 1 is 1.10 bits per heavy atom. The molecule has 1 heterocycles. The number of thioether (sulfide) groups is 1. The molecule has 3 aromatic carbocycles. The summed E-state index contributed by atoms with van der Waals surface area (Å²) in [4.78, 5) is 14.8. The Bertz CT molecular complexity index is 1020. The van der Waals surface area contributed by atoms with Crippen LogP contribution in [0.3, 0.4) is 0 Å². The van der Waals surface area contributed by atoms with Crippen molar-refractivity contribution in [1.29, 1.82) is 0 Å². The largest absolute Gasteiger partial charge is 0.495 e. The fourth-order valence-corrected chi connectivity index (χ4v) is 5.09. The van der Waals surface area contributed by atoms with E-state index in [0.29, 0.717) is 11.4 Å². The number of rotatable bonds is 6. The van der Waals surface area contributed by atoms with Gasteiger partial charge in [-0.3, -0.25) is 4.79 Å². The smallest absolute Gasteiger partial charge is 0.287 e. The number of hydrogen-bond acceptors (Lipinski definition) is 3. The van der Waals surface area contributed by atoms with Crippen molar-refractivity contribution in [2.45, 2.75) is 30.3 Å². The number of nitrogens with one attached hydrogen (secondary N) is 1. The quantitative estimate of drug-likeness (QED) is 0.619. The number of carbonyl (C=O) groups excluding carboxylic acids is 1. The molecule has 0 fully saturated rings. The number of hydrogen-bond donors (Lipinski definition) is 2. The number of fused-ring (bicyclic) bond motifs is 1. The Morgan fingerprint density at radius 2 is 1.87 bits per heavy atom. The summed E-state index contributed by atoms with van der Waals surface area (Å²) in [5, 5.41) is 5.33. The molecule has 0 saturated heterocycles. The second-order valence-electron chi connectivity index (χ2n) is 7.56. The first-order chi connectivity index (χ1) is 14.7. The number of amides is 1. The normalized spacial score (nSPS) is 16.4. The van der Waals surface area contributed by atoms with Crippen LogP contribution in [0.25, 0.3) is 0 Å². The summed E-state index contributed by atoms with van der Waals surface area (Å²) in [6.45, 7) is 2.01. The van der Waals surface area contributed by atoms with Crippen LogP contribution in [0.2, 0.25) is 0 Å². The molecule has 3 N–H and O–H groups in total. The number of anilines is 1. The summed E-state index contributed by atoms with van der Waals surface area (Å²) < 4.78 is 5.46. The lowest BCUT2D eigenvalue weighted by atomic mass is 9.99. The van der Waals surface area contributed by atoms with Crippen LogP contribution in [-0.4, -0.2) is 18.8 Å². The fraction of sp³-hybridized carbons (Fsp3) is 0.240. The lowest BCUT2D eigenvalue weighted by molar-refractivity contribution is -0.722. The molecule has 4 nitrogen and oxygen atoms in total. The predicted molar refractivity (Wildman–Crippen MR) is 122 cm³/mol. The molecule has 0 unspecified atom stereocenters. The van der Waals surface area contributed by atoms with Crippen molar-refractivity contribution in [3.05, 3.63) is 89.5 Å². The zero-order valence-electron chi connectivity index (χ0n) is 17.3. The van der Waals surface area contributed by atoms with E-state index in [1.165, 1.54) is 10.5 Å². The fourth-order valence-electron chi connectivity index (χ4n) is 3.94. The number of nitrogens with two attached hydrogens (primary N) is 1. The van der Waals surface area contributed by atoms with Crippen LogP contribution in [0.1, 0.15) is 35.2 Å². The third-order valence-electron chi connectivity index (χ3n) is 5.48. The van der Waals surface area contributed by atoms with Crippen LogP contribution in [0.15, 0.2) is 77.7 Å². The summed E-state index contributed by atoms with van der Waals surface area (Å²) in [7, 11) is 1.62. The zero-order chi connectivity index (χ0) is 20.9. The Labute approximate surface area is 182 Å². The van der Waals surface area contributed by atoms with Crippen molar-refractivity contribution >= 4 is 23.4 Å². The number of ether oxygens (including phenoxy) is 1. The van der Waals surface area contributed by atoms with E-state index in [9.17, 15) is 4.79 Å². The molecule has 0 radical (unpaired) electrons. The van der Waals surface area contributed by atoms with Crippen molar-refractivity contribution in [3.63, 3.8) is 0 Å². The monoisotopic (exact) mass is 419 g/mol. The highest BCUT2D eigenvalue weighted by atomic mass is 32.2. The molecular formula is C25H27N2O2S+. The molecule has 5 heteroatoms. The minimum absolute atomic E-state index is 0.0409. The van der Waals surface area contributed by atoms with Crippen molar-refractivity contribution in [1.82, 2.24) is 0 Å². The second-order valence-corrected chi connectivity index (χ2v) is 8.69. The zero-order valence-corrected chi connectivity index (χ0v) is 18.1. The van der Waals surface area contributed by atoms with Gasteiger partial charge in [-0.05, 0) is 30.7 Å². The van der Waals surface area contributed by atoms with Gasteiger partial charge < -0.3 is 15.4 Å².